The number of pyridine rings is 1. The van der Waals surface area contributed by atoms with Gasteiger partial charge in [0.05, 0.1) is 22.4 Å². The Morgan fingerprint density at radius 3 is 1.48 bits per heavy atom. The maximum absolute atomic E-state index is 11.2. The van der Waals surface area contributed by atoms with Crippen molar-refractivity contribution in [1.82, 2.24) is 4.98 Å². The Hall–Kier alpha value is -9.26. The first-order chi connectivity index (χ1) is 55.5. The highest BCUT2D eigenvalue weighted by Gasteiger charge is 2.52. The molecule has 2 fully saturated rings. The van der Waals surface area contributed by atoms with Gasteiger partial charge in [-0.3, -0.25) is 4.98 Å². The molecule has 120 heavy (non-hydrogen) atoms. The zero-order chi connectivity index (χ0) is 89.9. The fourth-order valence-electron chi connectivity index (χ4n) is 18.0. The summed E-state index contributed by atoms with van der Waals surface area (Å²) in [6, 6.07) is 27.2. The van der Waals surface area contributed by atoms with Crippen LogP contribution in [0.4, 0.5) is 0 Å². The second-order valence-corrected chi connectivity index (χ2v) is 41.1. The third kappa shape index (κ3) is 25.7. The Kier molecular flexibility index (Phi) is 32.0. The SMILES string of the molecule is C=C(c1ccc(C(=O)O)cc1)c1cc2c(cc1C)C(C)(C)CCC2(C)C.CC(/C=C/C1CC1(C)c1ccc2c(c1)C(C)(C)CCC2(C)C)=C\C(=O)O.CC1=C(/C=C/C(C)=C\C=C\C(C)=C\C(=O)O)C(C)(C)CCC1.COC(C)(C)CCCC(C)C/C=C/C(C)=C/C(=O)O.Cc1cc2c(cc1C1(c3ccc(C(=O)O)cn3)CC1)C(C)(C)CCC2(C)C.[HH].[HH]. The molecule has 11 rings (SSSR count). The lowest BCUT2D eigenvalue weighted by Crippen LogP contribution is -2.34. The molecule has 3 unspecified atom stereocenters. The molecule has 652 valence electrons. The van der Waals surface area contributed by atoms with Gasteiger partial charge >= 0.3 is 29.8 Å². The van der Waals surface area contributed by atoms with Gasteiger partial charge in [0.2, 0.25) is 0 Å². The van der Waals surface area contributed by atoms with Gasteiger partial charge in [0.15, 0.2) is 0 Å². The minimum absolute atomic E-state index is 0. The quantitative estimate of drug-likeness (QED) is 0.0289. The number of methoxy groups -OCH3 is 1. The molecule has 2 saturated carbocycles. The van der Waals surface area contributed by atoms with Crippen LogP contribution in [0.15, 0.2) is 198 Å². The first-order valence-corrected chi connectivity index (χ1v) is 43.6. The minimum atomic E-state index is -0.923. The molecule has 3 atom stereocenters. The van der Waals surface area contributed by atoms with Gasteiger partial charge in [0.1, 0.15) is 0 Å². The summed E-state index contributed by atoms with van der Waals surface area (Å²) in [4.78, 5) is 58.5. The first kappa shape index (κ1) is 97.9. The maximum atomic E-state index is 11.2. The molecular weight excluding hydrogens is 1490 g/mol. The number of hydrogen-bond donors (Lipinski definition) is 5. The average Bonchev–Trinajstić information content (AvgIpc) is 1.52. The van der Waals surface area contributed by atoms with Crippen molar-refractivity contribution in [3.8, 4) is 0 Å². The predicted molar refractivity (Wildman–Crippen MR) is 501 cm³/mol. The molecule has 12 nitrogen and oxygen atoms in total. The van der Waals surface area contributed by atoms with Crippen LogP contribution in [-0.4, -0.2) is 73.1 Å². The van der Waals surface area contributed by atoms with Gasteiger partial charge in [-0.1, -0.05) is 251 Å². The number of fused-ring (bicyclic) bond motifs is 3. The Labute approximate surface area is 724 Å². The van der Waals surface area contributed by atoms with Crippen LogP contribution in [0, 0.1) is 31.1 Å². The van der Waals surface area contributed by atoms with E-state index in [2.05, 4.69) is 231 Å². The first-order valence-electron chi connectivity index (χ1n) is 43.6. The van der Waals surface area contributed by atoms with E-state index in [4.69, 9.17) is 30.3 Å². The number of ether oxygens (including phenoxy) is 1. The molecule has 0 spiro atoms. The third-order valence-electron chi connectivity index (χ3n) is 27.1. The lowest BCUT2D eigenvalue weighted by Gasteiger charge is -2.43. The van der Waals surface area contributed by atoms with Crippen molar-refractivity contribution in [2.75, 3.05) is 7.11 Å². The van der Waals surface area contributed by atoms with Crippen molar-refractivity contribution in [2.24, 2.45) is 17.3 Å². The zero-order valence-corrected chi connectivity index (χ0v) is 77.8. The lowest BCUT2D eigenvalue weighted by atomic mass is 9.62. The molecule has 12 heteroatoms. The average molecular weight is 1640 g/mol. The Bertz CT molecular complexity index is 4890. The summed E-state index contributed by atoms with van der Waals surface area (Å²) in [7, 11) is 1.75. The van der Waals surface area contributed by atoms with Crippen LogP contribution in [-0.2, 0) is 62.4 Å². The number of carbonyl (C=O) groups is 5. The van der Waals surface area contributed by atoms with Crippen LogP contribution in [0.25, 0.3) is 5.57 Å². The normalized spacial score (nSPS) is 21.0. The fraction of sp³-hybridized carbons (Fsp3) is 0.500. The Morgan fingerprint density at radius 1 is 0.533 bits per heavy atom. The fourth-order valence-corrected chi connectivity index (χ4v) is 18.0. The van der Waals surface area contributed by atoms with E-state index in [1.54, 1.807) is 45.2 Å². The number of hydrogen-bond acceptors (Lipinski definition) is 7. The van der Waals surface area contributed by atoms with Gasteiger partial charge in [-0.25, -0.2) is 24.0 Å². The predicted octanol–water partition coefficient (Wildman–Crippen LogP) is 27.8. The molecule has 6 aliphatic rings. The molecule has 4 aromatic carbocycles. The summed E-state index contributed by atoms with van der Waals surface area (Å²) in [5, 5.41) is 44.3. The summed E-state index contributed by atoms with van der Waals surface area (Å²) in [5.41, 5.74) is 26.8. The highest BCUT2D eigenvalue weighted by atomic mass is 16.5. The lowest BCUT2D eigenvalue weighted by molar-refractivity contribution is -0.132. The molecule has 1 heterocycles. The summed E-state index contributed by atoms with van der Waals surface area (Å²) in [5.74, 6) is -3.42. The molecule has 0 bridgehead atoms. The van der Waals surface area contributed by atoms with Gasteiger partial charge < -0.3 is 30.3 Å². The topological polar surface area (TPSA) is 209 Å². The molecule has 0 saturated heterocycles. The number of aromatic nitrogens is 1. The number of benzene rings is 4. The Morgan fingerprint density at radius 2 is 1.00 bits per heavy atom. The van der Waals surface area contributed by atoms with Crippen LogP contribution in [0.5, 0.6) is 0 Å². The highest BCUT2D eigenvalue weighted by Crippen LogP contribution is 2.59. The number of allylic oxidation sites excluding steroid dienone is 15. The van der Waals surface area contributed by atoms with Gasteiger partial charge in [-0.2, -0.15) is 0 Å². The minimum Gasteiger partial charge on any atom is -0.478 e. The highest BCUT2D eigenvalue weighted by molar-refractivity contribution is 5.89. The Balaban J connectivity index is 0.000000272. The largest absolute Gasteiger partial charge is 0.478 e. The molecule has 5 N–H and O–H groups in total. The van der Waals surface area contributed by atoms with E-state index in [-0.39, 0.29) is 62.8 Å². The van der Waals surface area contributed by atoms with Crippen molar-refractivity contribution >= 4 is 35.4 Å². The van der Waals surface area contributed by atoms with Gasteiger partial charge in [-0.05, 0) is 326 Å². The van der Waals surface area contributed by atoms with Crippen LogP contribution >= 0.6 is 0 Å². The van der Waals surface area contributed by atoms with Crippen molar-refractivity contribution in [3.63, 3.8) is 0 Å². The molecule has 6 aliphatic carbocycles. The second-order valence-electron chi connectivity index (χ2n) is 41.1. The van der Waals surface area contributed by atoms with E-state index < -0.39 is 29.8 Å². The maximum Gasteiger partial charge on any atom is 0.337 e. The van der Waals surface area contributed by atoms with E-state index in [0.717, 1.165) is 83.2 Å². The van der Waals surface area contributed by atoms with Gasteiger partial charge in [0, 0.05) is 39.8 Å². The van der Waals surface area contributed by atoms with E-state index in [9.17, 15) is 24.0 Å². The van der Waals surface area contributed by atoms with Crippen molar-refractivity contribution in [3.05, 3.63) is 282 Å². The summed E-state index contributed by atoms with van der Waals surface area (Å²) >= 11 is 0. The molecule has 5 aromatic rings. The van der Waals surface area contributed by atoms with Crippen LogP contribution in [0.1, 0.15) is 358 Å². The van der Waals surface area contributed by atoms with Gasteiger partial charge in [0.25, 0.3) is 0 Å². The van der Waals surface area contributed by atoms with E-state index in [0.29, 0.717) is 17.4 Å². The number of rotatable bonds is 24. The molecule has 0 radical (unpaired) electrons. The van der Waals surface area contributed by atoms with E-state index >= 15 is 0 Å². The van der Waals surface area contributed by atoms with Crippen molar-refractivity contribution in [1.29, 1.82) is 0 Å². The number of carboxylic acid groups (broad SMARTS) is 5. The van der Waals surface area contributed by atoms with E-state index in [1.165, 1.54) is 155 Å². The van der Waals surface area contributed by atoms with Crippen molar-refractivity contribution in [2.45, 2.75) is 325 Å². The number of carboxylic acids is 5. The molecule has 0 amide bonds. The molecular formula is C108H149NO11. The third-order valence-corrected chi connectivity index (χ3v) is 27.1. The van der Waals surface area contributed by atoms with Crippen LogP contribution < -0.4 is 0 Å². The van der Waals surface area contributed by atoms with E-state index in [1.807, 2.05) is 49.4 Å². The molecule has 0 aliphatic heterocycles. The smallest absolute Gasteiger partial charge is 0.337 e. The summed E-state index contributed by atoms with van der Waals surface area (Å²) in [6.07, 6.45) is 42.0. The van der Waals surface area contributed by atoms with Crippen molar-refractivity contribution < 1.29 is 57.1 Å². The second kappa shape index (κ2) is 39.3. The standard InChI is InChI=1S/C24H29NO2.C24H28O2.C24H32O2.C20H28O2.C16H28O3.2H2/c1-15-12-18-19(23(4,5)9-8-22(18,2)3)13-17(15)24(10-11-24)20-7-6-16(14-25-20)21(26)27;1-15-13-20-21(24(5,6)12-11-23(20,3)4)14-19(15)16(2)17-7-9-18(10-8-17)22(25)26;1-16(13-21(25)26)7-8-18-15-24(18,6)17-9-10-19-20(14-17)23(4,5)12-11-22(19,2)3;1-15(8-6-9-16(2)14-19(21)22)11-12-18-17(3)10-7-13-20(18,4)5;1-13(10-7-11-16(3,4)19-5)8-6-9-14(2)12-15(17)18;;/h6-7,12-14H,8-11H2,1-5H3,(H,26,27);7-10,13-14H,2,11-12H2,1,3-6H3,(H,25,26);7-10,13-14,18H,11-12,15H2,1-6H3,(H,25,26);6,8-9,11-12,14H,7,10,13H2,1-5H3,(H,21,22);6,9,12-13H,7-8,10-11H2,1-5H3,(H,17,18);2*1H/b;;8-7+,16-13+;9-6+,12-11+,15-8-,16-14+;9-6+,14-12+;;. The van der Waals surface area contributed by atoms with Crippen LogP contribution in [0.2, 0.25) is 0 Å². The number of aryl methyl sites for hydroxylation is 2. The monoisotopic (exact) mass is 1640 g/mol. The van der Waals surface area contributed by atoms with Crippen LogP contribution in [0.3, 0.4) is 0 Å². The summed E-state index contributed by atoms with van der Waals surface area (Å²) < 4.78 is 5.39. The number of aromatic carboxylic acids is 2. The van der Waals surface area contributed by atoms with Gasteiger partial charge in [-0.15, -0.1) is 0 Å². The molecule has 1 aromatic heterocycles. The number of nitrogens with zero attached hydrogens (tertiary/aromatic N) is 1. The summed E-state index contributed by atoms with van der Waals surface area (Å²) in [6.45, 7) is 60.0. The number of aliphatic carboxylic acids is 3. The zero-order valence-electron chi connectivity index (χ0n) is 77.8.